The number of ether oxygens (including phenoxy) is 1. The van der Waals surface area contributed by atoms with Gasteiger partial charge in [0.05, 0.1) is 0 Å². The highest BCUT2D eigenvalue weighted by atomic mass is 19.2. The summed E-state index contributed by atoms with van der Waals surface area (Å²) >= 11 is 0. The first-order chi connectivity index (χ1) is 6.50. The van der Waals surface area contributed by atoms with Crippen LogP contribution in [0.5, 0.6) is 5.75 Å². The van der Waals surface area contributed by atoms with E-state index >= 15 is 0 Å². The lowest BCUT2D eigenvalue weighted by Gasteiger charge is -2.10. The quantitative estimate of drug-likeness (QED) is 0.799. The van der Waals surface area contributed by atoms with E-state index in [0.29, 0.717) is 0 Å². The minimum atomic E-state index is -1.03. The third-order valence-electron chi connectivity index (χ3n) is 1.60. The van der Waals surface area contributed by atoms with E-state index in [1.165, 1.54) is 13.0 Å². The molecule has 76 valence electrons. The molecule has 0 saturated heterocycles. The highest BCUT2D eigenvalue weighted by molar-refractivity contribution is 5.78. The molecule has 1 aromatic rings. The second-order valence-corrected chi connectivity index (χ2v) is 2.74. The number of benzene rings is 1. The van der Waals surface area contributed by atoms with Crippen LogP contribution in [0.4, 0.5) is 8.78 Å². The maximum atomic E-state index is 12.7. The molecule has 0 radical (unpaired) electrons. The molecule has 1 atom stereocenters. The number of amides is 1. The minimum Gasteiger partial charge on any atom is -0.481 e. The van der Waals surface area contributed by atoms with Crippen molar-refractivity contribution in [3.8, 4) is 5.75 Å². The summed E-state index contributed by atoms with van der Waals surface area (Å²) in [4.78, 5) is 10.6. The topological polar surface area (TPSA) is 52.3 Å². The van der Waals surface area contributed by atoms with E-state index in [9.17, 15) is 13.6 Å². The average Bonchev–Trinajstić information content (AvgIpc) is 2.11. The van der Waals surface area contributed by atoms with Crippen molar-refractivity contribution in [3.63, 3.8) is 0 Å². The van der Waals surface area contributed by atoms with Crippen LogP contribution in [0.15, 0.2) is 18.2 Å². The molecule has 0 heterocycles. The Morgan fingerprint density at radius 3 is 2.57 bits per heavy atom. The van der Waals surface area contributed by atoms with Crippen LogP contribution in [0, 0.1) is 11.6 Å². The molecule has 14 heavy (non-hydrogen) atoms. The highest BCUT2D eigenvalue weighted by Crippen LogP contribution is 2.16. The van der Waals surface area contributed by atoms with E-state index < -0.39 is 23.6 Å². The van der Waals surface area contributed by atoms with Gasteiger partial charge in [0.2, 0.25) is 0 Å². The molecule has 0 saturated carbocycles. The first kappa shape index (κ1) is 10.4. The molecule has 3 nitrogen and oxygen atoms in total. The van der Waals surface area contributed by atoms with Gasteiger partial charge in [0.1, 0.15) is 5.75 Å². The molecule has 0 aliphatic carbocycles. The zero-order valence-corrected chi connectivity index (χ0v) is 7.46. The maximum absolute atomic E-state index is 12.7. The number of carbonyl (C=O) groups is 1. The summed E-state index contributed by atoms with van der Waals surface area (Å²) in [6.07, 6.45) is -0.875. The van der Waals surface area contributed by atoms with Gasteiger partial charge < -0.3 is 10.5 Å². The smallest absolute Gasteiger partial charge is 0.258 e. The van der Waals surface area contributed by atoms with Crippen molar-refractivity contribution in [3.05, 3.63) is 29.8 Å². The fourth-order valence-electron chi connectivity index (χ4n) is 0.812. The second kappa shape index (κ2) is 4.04. The summed E-state index contributed by atoms with van der Waals surface area (Å²) in [6.45, 7) is 1.42. The third kappa shape index (κ3) is 2.42. The summed E-state index contributed by atoms with van der Waals surface area (Å²) in [5.74, 6) is -2.60. The molecule has 0 aliphatic rings. The largest absolute Gasteiger partial charge is 0.481 e. The number of carbonyl (C=O) groups excluding carboxylic acids is 1. The van der Waals surface area contributed by atoms with Gasteiger partial charge in [-0.25, -0.2) is 8.78 Å². The Kier molecular flexibility index (Phi) is 3.01. The predicted octanol–water partition coefficient (Wildman–Crippen LogP) is 1.22. The molecule has 0 unspecified atom stereocenters. The number of halogens is 2. The van der Waals surface area contributed by atoms with Crippen LogP contribution < -0.4 is 10.5 Å². The van der Waals surface area contributed by atoms with E-state index in [-0.39, 0.29) is 5.75 Å². The zero-order chi connectivity index (χ0) is 10.7. The number of primary amides is 1. The first-order valence-electron chi connectivity index (χ1n) is 3.91. The lowest BCUT2D eigenvalue weighted by atomic mass is 10.3. The van der Waals surface area contributed by atoms with E-state index in [4.69, 9.17) is 10.5 Å². The molecule has 0 bridgehead atoms. The summed E-state index contributed by atoms with van der Waals surface area (Å²) in [5, 5.41) is 0. The Bertz CT molecular complexity index is 355. The number of rotatable bonds is 3. The fraction of sp³-hybridized carbons (Fsp3) is 0.222. The Morgan fingerprint density at radius 1 is 1.43 bits per heavy atom. The molecule has 0 aliphatic heterocycles. The molecule has 0 aromatic heterocycles. The normalized spacial score (nSPS) is 12.2. The van der Waals surface area contributed by atoms with Crippen LogP contribution in [0.3, 0.4) is 0 Å². The van der Waals surface area contributed by atoms with Gasteiger partial charge in [-0.1, -0.05) is 0 Å². The Morgan fingerprint density at radius 2 is 2.07 bits per heavy atom. The van der Waals surface area contributed by atoms with E-state index in [2.05, 4.69) is 0 Å². The van der Waals surface area contributed by atoms with Crippen LogP contribution in [0.25, 0.3) is 0 Å². The number of hydrogen-bond acceptors (Lipinski definition) is 2. The van der Waals surface area contributed by atoms with Gasteiger partial charge in [0.25, 0.3) is 5.91 Å². The molecule has 1 amide bonds. The molecular weight excluding hydrogens is 192 g/mol. The predicted molar refractivity (Wildman–Crippen MR) is 45.6 cm³/mol. The Hall–Kier alpha value is -1.65. The van der Waals surface area contributed by atoms with Gasteiger partial charge in [-0.3, -0.25) is 4.79 Å². The first-order valence-corrected chi connectivity index (χ1v) is 3.91. The van der Waals surface area contributed by atoms with Crippen molar-refractivity contribution in [1.82, 2.24) is 0 Å². The van der Waals surface area contributed by atoms with Gasteiger partial charge in [0, 0.05) is 6.07 Å². The van der Waals surface area contributed by atoms with Gasteiger partial charge in [-0.05, 0) is 19.1 Å². The van der Waals surface area contributed by atoms with Gasteiger partial charge in [0.15, 0.2) is 17.7 Å². The molecule has 0 fully saturated rings. The lowest BCUT2D eigenvalue weighted by Crippen LogP contribution is -2.30. The van der Waals surface area contributed by atoms with Crippen LogP contribution in [-0.2, 0) is 4.79 Å². The Balaban J connectivity index is 2.78. The summed E-state index contributed by atoms with van der Waals surface area (Å²) in [5.41, 5.74) is 4.92. The van der Waals surface area contributed by atoms with Crippen LogP contribution in [0.2, 0.25) is 0 Å². The Labute approximate surface area is 79.5 Å². The van der Waals surface area contributed by atoms with E-state index in [1.807, 2.05) is 0 Å². The molecule has 5 heteroatoms. The number of nitrogens with two attached hydrogens (primary N) is 1. The fourth-order valence-corrected chi connectivity index (χ4v) is 0.812. The van der Waals surface area contributed by atoms with Crippen molar-refractivity contribution < 1.29 is 18.3 Å². The SMILES string of the molecule is C[C@@H](Oc1ccc(F)c(F)c1)C(N)=O. The third-order valence-corrected chi connectivity index (χ3v) is 1.60. The molecule has 2 N–H and O–H groups in total. The van der Waals surface area contributed by atoms with Crippen molar-refractivity contribution in [1.29, 1.82) is 0 Å². The van der Waals surface area contributed by atoms with Gasteiger partial charge in [-0.2, -0.15) is 0 Å². The molecule has 0 spiro atoms. The van der Waals surface area contributed by atoms with E-state index in [0.717, 1.165) is 12.1 Å². The van der Waals surface area contributed by atoms with Crippen molar-refractivity contribution in [2.24, 2.45) is 5.73 Å². The zero-order valence-electron chi connectivity index (χ0n) is 7.46. The second-order valence-electron chi connectivity index (χ2n) is 2.74. The molecule has 1 aromatic carbocycles. The van der Waals surface area contributed by atoms with Crippen LogP contribution in [-0.4, -0.2) is 12.0 Å². The molecular formula is C9H9F2NO2. The monoisotopic (exact) mass is 201 g/mol. The average molecular weight is 201 g/mol. The highest BCUT2D eigenvalue weighted by Gasteiger charge is 2.11. The van der Waals surface area contributed by atoms with Crippen molar-refractivity contribution in [2.45, 2.75) is 13.0 Å². The standard InChI is InChI=1S/C9H9F2NO2/c1-5(9(12)13)14-6-2-3-7(10)8(11)4-6/h2-5H,1H3,(H2,12,13)/t5-/m1/s1. The number of hydrogen-bond donors (Lipinski definition) is 1. The van der Waals surface area contributed by atoms with Crippen molar-refractivity contribution in [2.75, 3.05) is 0 Å². The molecule has 1 rings (SSSR count). The minimum absolute atomic E-state index is 0.0650. The van der Waals surface area contributed by atoms with Gasteiger partial charge in [-0.15, -0.1) is 0 Å². The van der Waals surface area contributed by atoms with Crippen LogP contribution in [0.1, 0.15) is 6.92 Å². The van der Waals surface area contributed by atoms with E-state index in [1.54, 1.807) is 0 Å². The maximum Gasteiger partial charge on any atom is 0.258 e. The summed E-state index contributed by atoms with van der Waals surface area (Å²) in [7, 11) is 0. The van der Waals surface area contributed by atoms with Crippen LogP contribution >= 0.6 is 0 Å². The van der Waals surface area contributed by atoms with Crippen molar-refractivity contribution >= 4 is 5.91 Å². The summed E-state index contributed by atoms with van der Waals surface area (Å²) < 4.78 is 30.1. The summed E-state index contributed by atoms with van der Waals surface area (Å²) in [6, 6.07) is 2.99. The lowest BCUT2D eigenvalue weighted by molar-refractivity contribution is -0.123. The van der Waals surface area contributed by atoms with Gasteiger partial charge >= 0.3 is 0 Å².